The van der Waals surface area contributed by atoms with E-state index < -0.39 is 12.0 Å². The minimum Gasteiger partial charge on any atom is -0.496 e. The van der Waals surface area contributed by atoms with Crippen molar-refractivity contribution in [2.24, 2.45) is 0 Å². The number of rotatable bonds is 7. The van der Waals surface area contributed by atoms with Crippen LogP contribution in [0, 0.1) is 0 Å². The van der Waals surface area contributed by atoms with Crippen LogP contribution in [0.25, 0.3) is 0 Å². The standard InChI is InChI=1S/C20H21NO5/c1-25-16-5-3-2-4-13(16)7-9-18(22)21-19(20(23)24)15-6-8-17-14(12-15)10-11-26-17/h2-6,8,12,19H,7,9-11H2,1H3,(H,21,22)(H,23,24). The fraction of sp³-hybridized carbons (Fsp3) is 0.300. The molecule has 0 radical (unpaired) electrons. The summed E-state index contributed by atoms with van der Waals surface area (Å²) >= 11 is 0. The molecule has 0 fully saturated rings. The van der Waals surface area contributed by atoms with Crippen molar-refractivity contribution < 1.29 is 24.2 Å². The molecule has 1 atom stereocenters. The average molecular weight is 355 g/mol. The molecular formula is C20H21NO5. The molecule has 1 heterocycles. The van der Waals surface area contributed by atoms with Gasteiger partial charge in [0.25, 0.3) is 0 Å². The normalized spacial score (nSPS) is 13.4. The lowest BCUT2D eigenvalue weighted by Gasteiger charge is -2.16. The predicted octanol–water partition coefficient (Wildman–Crippen LogP) is 2.50. The Morgan fingerprint density at radius 2 is 2.08 bits per heavy atom. The number of carbonyl (C=O) groups is 2. The summed E-state index contributed by atoms with van der Waals surface area (Å²) in [4.78, 5) is 23.9. The monoisotopic (exact) mass is 355 g/mol. The van der Waals surface area contributed by atoms with Gasteiger partial charge < -0.3 is 19.9 Å². The number of amides is 1. The van der Waals surface area contributed by atoms with Gasteiger partial charge in [0.1, 0.15) is 11.5 Å². The van der Waals surface area contributed by atoms with E-state index in [4.69, 9.17) is 9.47 Å². The summed E-state index contributed by atoms with van der Waals surface area (Å²) in [5.74, 6) is 0.0867. The number of hydrogen-bond acceptors (Lipinski definition) is 4. The molecule has 3 rings (SSSR count). The number of ether oxygens (including phenoxy) is 2. The van der Waals surface area contributed by atoms with Gasteiger partial charge in [-0.3, -0.25) is 4.79 Å². The van der Waals surface area contributed by atoms with Gasteiger partial charge in [-0.05, 0) is 41.3 Å². The SMILES string of the molecule is COc1ccccc1CCC(=O)NC(C(=O)O)c1ccc2c(c1)CCO2. The second-order valence-corrected chi connectivity index (χ2v) is 6.12. The van der Waals surface area contributed by atoms with E-state index in [0.717, 1.165) is 23.3 Å². The first kappa shape index (κ1) is 17.8. The molecule has 0 aliphatic carbocycles. The zero-order valence-corrected chi connectivity index (χ0v) is 14.5. The van der Waals surface area contributed by atoms with Crippen molar-refractivity contribution in [2.75, 3.05) is 13.7 Å². The van der Waals surface area contributed by atoms with E-state index >= 15 is 0 Å². The quantitative estimate of drug-likeness (QED) is 0.797. The maximum Gasteiger partial charge on any atom is 0.330 e. The highest BCUT2D eigenvalue weighted by molar-refractivity contribution is 5.84. The Morgan fingerprint density at radius 1 is 1.27 bits per heavy atom. The molecule has 1 unspecified atom stereocenters. The van der Waals surface area contributed by atoms with Gasteiger partial charge in [0.2, 0.25) is 5.91 Å². The lowest BCUT2D eigenvalue weighted by molar-refractivity contribution is -0.142. The Labute approximate surface area is 151 Å². The van der Waals surface area contributed by atoms with Crippen LogP contribution in [-0.2, 0) is 22.4 Å². The lowest BCUT2D eigenvalue weighted by atomic mass is 10.0. The minimum absolute atomic E-state index is 0.179. The largest absolute Gasteiger partial charge is 0.496 e. The first-order valence-electron chi connectivity index (χ1n) is 8.48. The number of aliphatic carboxylic acids is 1. The number of nitrogens with one attached hydrogen (secondary N) is 1. The van der Waals surface area contributed by atoms with Crippen LogP contribution in [-0.4, -0.2) is 30.7 Å². The topological polar surface area (TPSA) is 84.9 Å². The predicted molar refractivity (Wildman–Crippen MR) is 95.5 cm³/mol. The zero-order valence-electron chi connectivity index (χ0n) is 14.5. The number of fused-ring (bicyclic) bond motifs is 1. The third-order valence-electron chi connectivity index (χ3n) is 4.41. The smallest absolute Gasteiger partial charge is 0.330 e. The first-order valence-corrected chi connectivity index (χ1v) is 8.48. The summed E-state index contributed by atoms with van der Waals surface area (Å²) in [6.07, 6.45) is 1.40. The molecule has 6 heteroatoms. The van der Waals surface area contributed by atoms with E-state index in [1.807, 2.05) is 24.3 Å². The maximum absolute atomic E-state index is 12.3. The van der Waals surface area contributed by atoms with Crippen LogP contribution in [0.3, 0.4) is 0 Å². The molecule has 1 aliphatic rings. The molecule has 2 aromatic carbocycles. The Bertz CT molecular complexity index is 818. The number of benzene rings is 2. The third kappa shape index (κ3) is 3.96. The highest BCUT2D eigenvalue weighted by Crippen LogP contribution is 2.28. The van der Waals surface area contributed by atoms with Gasteiger partial charge in [-0.25, -0.2) is 4.79 Å². The number of carboxylic acids is 1. The van der Waals surface area contributed by atoms with Crippen LogP contribution in [0.5, 0.6) is 11.5 Å². The molecule has 6 nitrogen and oxygen atoms in total. The Morgan fingerprint density at radius 3 is 2.85 bits per heavy atom. The average Bonchev–Trinajstić information content (AvgIpc) is 3.12. The lowest BCUT2D eigenvalue weighted by Crippen LogP contribution is -2.33. The highest BCUT2D eigenvalue weighted by Gasteiger charge is 2.24. The number of hydrogen-bond donors (Lipinski definition) is 2. The van der Waals surface area contributed by atoms with Crippen LogP contribution in [0.2, 0.25) is 0 Å². The van der Waals surface area contributed by atoms with Crippen molar-refractivity contribution in [2.45, 2.75) is 25.3 Å². The van der Waals surface area contributed by atoms with Gasteiger partial charge in [-0.1, -0.05) is 24.3 Å². The fourth-order valence-corrected chi connectivity index (χ4v) is 3.06. The summed E-state index contributed by atoms with van der Waals surface area (Å²) in [6, 6.07) is 11.6. The van der Waals surface area contributed by atoms with E-state index in [-0.39, 0.29) is 12.3 Å². The maximum atomic E-state index is 12.3. The number of para-hydroxylation sites is 1. The van der Waals surface area contributed by atoms with Crippen molar-refractivity contribution in [3.63, 3.8) is 0 Å². The van der Waals surface area contributed by atoms with Crippen LogP contribution in [0.1, 0.15) is 29.2 Å². The van der Waals surface area contributed by atoms with Crippen molar-refractivity contribution in [3.05, 3.63) is 59.2 Å². The third-order valence-corrected chi connectivity index (χ3v) is 4.41. The Kier molecular flexibility index (Phi) is 5.41. The van der Waals surface area contributed by atoms with E-state index in [1.165, 1.54) is 0 Å². The number of aryl methyl sites for hydroxylation is 1. The summed E-state index contributed by atoms with van der Waals surface area (Å²) in [7, 11) is 1.58. The summed E-state index contributed by atoms with van der Waals surface area (Å²) < 4.78 is 10.7. The van der Waals surface area contributed by atoms with Gasteiger partial charge in [-0.2, -0.15) is 0 Å². The van der Waals surface area contributed by atoms with Crippen molar-refractivity contribution in [1.29, 1.82) is 0 Å². The second kappa shape index (κ2) is 7.91. The Hall–Kier alpha value is -3.02. The van der Waals surface area contributed by atoms with Gasteiger partial charge in [-0.15, -0.1) is 0 Å². The zero-order chi connectivity index (χ0) is 18.5. The number of carbonyl (C=O) groups excluding carboxylic acids is 1. The molecular weight excluding hydrogens is 334 g/mol. The number of methoxy groups -OCH3 is 1. The first-order chi connectivity index (χ1) is 12.6. The van der Waals surface area contributed by atoms with Crippen LogP contribution < -0.4 is 14.8 Å². The van der Waals surface area contributed by atoms with Crippen molar-refractivity contribution >= 4 is 11.9 Å². The van der Waals surface area contributed by atoms with E-state index in [0.29, 0.717) is 24.3 Å². The molecule has 0 saturated carbocycles. The van der Waals surface area contributed by atoms with Crippen molar-refractivity contribution in [3.8, 4) is 11.5 Å². The second-order valence-electron chi connectivity index (χ2n) is 6.12. The molecule has 2 aromatic rings. The van der Waals surface area contributed by atoms with Crippen LogP contribution in [0.4, 0.5) is 0 Å². The van der Waals surface area contributed by atoms with E-state index in [9.17, 15) is 14.7 Å². The van der Waals surface area contributed by atoms with Crippen LogP contribution in [0.15, 0.2) is 42.5 Å². The summed E-state index contributed by atoms with van der Waals surface area (Å²) in [6.45, 7) is 0.599. The summed E-state index contributed by atoms with van der Waals surface area (Å²) in [5, 5.41) is 12.1. The fourth-order valence-electron chi connectivity index (χ4n) is 3.06. The number of carboxylic acid groups (broad SMARTS) is 1. The molecule has 0 bridgehead atoms. The van der Waals surface area contributed by atoms with E-state index in [2.05, 4.69) is 5.32 Å². The molecule has 136 valence electrons. The highest BCUT2D eigenvalue weighted by atomic mass is 16.5. The van der Waals surface area contributed by atoms with Crippen LogP contribution >= 0.6 is 0 Å². The summed E-state index contributed by atoms with van der Waals surface area (Å²) in [5.41, 5.74) is 2.43. The molecule has 1 amide bonds. The van der Waals surface area contributed by atoms with Gasteiger partial charge in [0, 0.05) is 12.8 Å². The van der Waals surface area contributed by atoms with Gasteiger partial charge in [0.15, 0.2) is 6.04 Å². The van der Waals surface area contributed by atoms with Crippen molar-refractivity contribution in [1.82, 2.24) is 5.32 Å². The van der Waals surface area contributed by atoms with Gasteiger partial charge >= 0.3 is 5.97 Å². The molecule has 26 heavy (non-hydrogen) atoms. The molecule has 0 spiro atoms. The van der Waals surface area contributed by atoms with Gasteiger partial charge in [0.05, 0.1) is 13.7 Å². The molecule has 0 saturated heterocycles. The molecule has 0 aromatic heterocycles. The molecule has 2 N–H and O–H groups in total. The van der Waals surface area contributed by atoms with E-state index in [1.54, 1.807) is 25.3 Å². The molecule has 1 aliphatic heterocycles. The Balaban J connectivity index is 1.66. The minimum atomic E-state index is -1.09.